The van der Waals surface area contributed by atoms with Gasteiger partial charge >= 0.3 is 0 Å². The van der Waals surface area contributed by atoms with Gasteiger partial charge in [0.25, 0.3) is 0 Å². The third-order valence-corrected chi connectivity index (χ3v) is 4.42. The molecule has 1 aromatic heterocycles. The van der Waals surface area contributed by atoms with Gasteiger partial charge in [0.1, 0.15) is 0 Å². The van der Waals surface area contributed by atoms with Crippen molar-refractivity contribution in [3.05, 3.63) is 0 Å². The molecule has 0 radical (unpaired) electrons. The van der Waals surface area contributed by atoms with Crippen molar-refractivity contribution in [2.24, 2.45) is 0 Å². The third kappa shape index (κ3) is 11.0. The Morgan fingerprint density at radius 2 is 1.77 bits per heavy atom. The van der Waals surface area contributed by atoms with Crippen LogP contribution in [0.3, 0.4) is 0 Å². The molecule has 0 aliphatic heterocycles. The average molecular weight is 330 g/mol. The van der Waals surface area contributed by atoms with E-state index in [-0.39, 0.29) is 0 Å². The van der Waals surface area contributed by atoms with Crippen molar-refractivity contribution in [2.45, 2.75) is 76.0 Å². The lowest BCUT2D eigenvalue weighted by molar-refractivity contribution is 0.0467. The molecule has 7 heteroatoms. The fraction of sp³-hybridized carbons (Fsp3) is 0.933. The number of rotatable bonds is 15. The van der Waals surface area contributed by atoms with Crippen LogP contribution in [0, 0.1) is 0 Å². The summed E-state index contributed by atoms with van der Waals surface area (Å²) in [6, 6.07) is 0. The Morgan fingerprint density at radius 3 is 2.41 bits per heavy atom. The maximum absolute atomic E-state index is 9.76. The van der Waals surface area contributed by atoms with Crippen molar-refractivity contribution >= 4 is 11.8 Å². The number of H-pyrrole nitrogens is 1. The van der Waals surface area contributed by atoms with E-state index in [4.69, 9.17) is 4.74 Å². The summed E-state index contributed by atoms with van der Waals surface area (Å²) in [5.74, 6) is 0.525. The Morgan fingerprint density at radius 1 is 1.09 bits per heavy atom. The number of aromatic amines is 1. The van der Waals surface area contributed by atoms with Crippen LogP contribution in [-0.2, 0) is 4.74 Å². The Hall–Kier alpha value is -0.660. The number of aliphatic hydroxyl groups is 1. The molecule has 1 rings (SSSR count). The van der Waals surface area contributed by atoms with Crippen LogP contribution in [0.4, 0.5) is 0 Å². The molecular formula is C15H30N4O2S. The van der Waals surface area contributed by atoms with E-state index < -0.39 is 6.10 Å². The molecule has 1 aromatic rings. The molecule has 0 fully saturated rings. The number of ether oxygens (including phenoxy) is 1. The predicted molar refractivity (Wildman–Crippen MR) is 89.0 cm³/mol. The van der Waals surface area contributed by atoms with E-state index in [0.717, 1.165) is 13.0 Å². The molecule has 0 aliphatic rings. The van der Waals surface area contributed by atoms with Crippen LogP contribution in [-0.4, -0.2) is 50.8 Å². The van der Waals surface area contributed by atoms with Gasteiger partial charge in [0, 0.05) is 12.4 Å². The number of hydrogen-bond donors (Lipinski definition) is 2. The first kappa shape index (κ1) is 19.4. The van der Waals surface area contributed by atoms with Crippen LogP contribution in [0.2, 0.25) is 0 Å². The van der Waals surface area contributed by atoms with E-state index in [9.17, 15) is 5.11 Å². The van der Waals surface area contributed by atoms with E-state index >= 15 is 0 Å². The number of unbranched alkanes of at least 4 members (excludes halogenated alkanes) is 8. The van der Waals surface area contributed by atoms with E-state index in [1.807, 2.05) is 0 Å². The van der Waals surface area contributed by atoms with E-state index in [1.165, 1.54) is 63.1 Å². The predicted octanol–water partition coefficient (Wildman–Crippen LogP) is 3.20. The zero-order chi connectivity index (χ0) is 15.9. The highest BCUT2D eigenvalue weighted by atomic mass is 32.2. The minimum absolute atomic E-state index is 0.377. The Labute approximate surface area is 137 Å². The minimum Gasteiger partial charge on any atom is -0.390 e. The molecule has 0 saturated heterocycles. The first-order valence-corrected chi connectivity index (χ1v) is 9.43. The number of nitrogens with zero attached hydrogens (tertiary/aromatic N) is 3. The van der Waals surface area contributed by atoms with Gasteiger partial charge in [-0.05, 0) is 11.6 Å². The highest BCUT2D eigenvalue weighted by Crippen LogP contribution is 2.12. The third-order valence-electron chi connectivity index (χ3n) is 3.43. The van der Waals surface area contributed by atoms with Gasteiger partial charge < -0.3 is 9.84 Å². The smallest absolute Gasteiger partial charge is 0.231 e. The van der Waals surface area contributed by atoms with Gasteiger partial charge in [0.15, 0.2) is 0 Å². The van der Waals surface area contributed by atoms with Crippen molar-refractivity contribution in [1.82, 2.24) is 20.6 Å². The van der Waals surface area contributed by atoms with Crippen molar-refractivity contribution in [2.75, 3.05) is 19.0 Å². The summed E-state index contributed by atoms with van der Waals surface area (Å²) < 4.78 is 5.50. The van der Waals surface area contributed by atoms with Crippen molar-refractivity contribution in [3.63, 3.8) is 0 Å². The zero-order valence-corrected chi connectivity index (χ0v) is 14.5. The Balaban J connectivity index is 1.79. The van der Waals surface area contributed by atoms with Crippen molar-refractivity contribution in [1.29, 1.82) is 0 Å². The van der Waals surface area contributed by atoms with Gasteiger partial charge in [-0.15, -0.1) is 10.2 Å². The zero-order valence-electron chi connectivity index (χ0n) is 13.7. The molecule has 2 N–H and O–H groups in total. The van der Waals surface area contributed by atoms with Crippen molar-refractivity contribution in [3.8, 4) is 0 Å². The molecule has 0 bridgehead atoms. The molecular weight excluding hydrogens is 300 g/mol. The summed E-state index contributed by atoms with van der Waals surface area (Å²) in [6.45, 7) is 3.36. The maximum Gasteiger partial charge on any atom is 0.231 e. The number of nitrogens with one attached hydrogen (secondary N) is 1. The van der Waals surface area contributed by atoms with Gasteiger partial charge in [-0.1, -0.05) is 70.1 Å². The van der Waals surface area contributed by atoms with Crippen LogP contribution in [0.1, 0.15) is 64.7 Å². The lowest BCUT2D eigenvalue weighted by Gasteiger charge is -2.09. The second kappa shape index (κ2) is 14.0. The lowest BCUT2D eigenvalue weighted by atomic mass is 10.1. The first-order valence-electron chi connectivity index (χ1n) is 8.45. The van der Waals surface area contributed by atoms with E-state index in [1.54, 1.807) is 0 Å². The standard InChI is InChI=1S/C15H30N4O2S/c1-2-3-4-5-6-7-8-9-10-11-21-12-14(20)13-22-15-16-18-19-17-15/h14,20H,2-13H2,1H3,(H,16,17,18,19). The number of thioether (sulfide) groups is 1. The summed E-state index contributed by atoms with van der Waals surface area (Å²) in [5.41, 5.74) is 0. The Kier molecular flexibility index (Phi) is 12.3. The summed E-state index contributed by atoms with van der Waals surface area (Å²) in [5, 5.41) is 23.8. The highest BCUT2D eigenvalue weighted by Gasteiger charge is 2.07. The molecule has 0 spiro atoms. The fourth-order valence-electron chi connectivity index (χ4n) is 2.17. The number of aromatic nitrogens is 4. The second-order valence-electron chi connectivity index (χ2n) is 5.56. The lowest BCUT2D eigenvalue weighted by Crippen LogP contribution is -2.18. The van der Waals surface area contributed by atoms with Crippen LogP contribution >= 0.6 is 11.8 Å². The average Bonchev–Trinajstić information content (AvgIpc) is 3.04. The molecule has 6 nitrogen and oxygen atoms in total. The molecule has 1 unspecified atom stereocenters. The van der Waals surface area contributed by atoms with E-state index in [2.05, 4.69) is 27.5 Å². The topological polar surface area (TPSA) is 83.9 Å². The van der Waals surface area contributed by atoms with Crippen LogP contribution in [0.15, 0.2) is 5.16 Å². The normalized spacial score (nSPS) is 12.6. The number of tetrazole rings is 1. The summed E-state index contributed by atoms with van der Waals surface area (Å²) in [7, 11) is 0. The molecule has 0 aromatic carbocycles. The molecule has 1 atom stereocenters. The number of hydrogen-bond acceptors (Lipinski definition) is 6. The van der Waals surface area contributed by atoms with Crippen LogP contribution in [0.25, 0.3) is 0 Å². The molecule has 0 aliphatic carbocycles. The minimum atomic E-state index is -0.484. The SMILES string of the molecule is CCCCCCCCCCCOCC(O)CSc1nn[nH]n1. The largest absolute Gasteiger partial charge is 0.390 e. The molecule has 1 heterocycles. The Bertz CT molecular complexity index is 338. The van der Waals surface area contributed by atoms with Crippen LogP contribution in [0.5, 0.6) is 0 Å². The molecule has 22 heavy (non-hydrogen) atoms. The highest BCUT2D eigenvalue weighted by molar-refractivity contribution is 7.99. The van der Waals surface area contributed by atoms with Gasteiger partial charge in [0.05, 0.1) is 12.7 Å². The van der Waals surface area contributed by atoms with E-state index in [0.29, 0.717) is 17.5 Å². The van der Waals surface area contributed by atoms with Gasteiger partial charge in [-0.3, -0.25) is 0 Å². The maximum atomic E-state index is 9.76. The van der Waals surface area contributed by atoms with Crippen LogP contribution < -0.4 is 0 Å². The van der Waals surface area contributed by atoms with Crippen molar-refractivity contribution < 1.29 is 9.84 Å². The second-order valence-corrected chi connectivity index (χ2v) is 6.55. The molecule has 0 saturated carbocycles. The van der Waals surface area contributed by atoms with Gasteiger partial charge in [-0.2, -0.15) is 5.21 Å². The fourth-order valence-corrected chi connectivity index (χ4v) is 2.81. The van der Waals surface area contributed by atoms with Gasteiger partial charge in [0.2, 0.25) is 5.16 Å². The summed E-state index contributed by atoms with van der Waals surface area (Å²) >= 11 is 1.37. The molecule has 128 valence electrons. The van der Waals surface area contributed by atoms with Gasteiger partial charge in [-0.25, -0.2) is 0 Å². The first-order chi connectivity index (χ1) is 10.8. The summed E-state index contributed by atoms with van der Waals surface area (Å²) in [4.78, 5) is 0. The monoisotopic (exact) mass is 330 g/mol. The summed E-state index contributed by atoms with van der Waals surface area (Å²) in [6.07, 6.45) is 11.3. The quantitative estimate of drug-likeness (QED) is 0.379. The number of aliphatic hydroxyl groups excluding tert-OH is 1. The molecule has 0 amide bonds.